The van der Waals surface area contributed by atoms with Crippen molar-refractivity contribution in [2.45, 2.75) is 32.7 Å². The van der Waals surface area contributed by atoms with E-state index in [1.54, 1.807) is 0 Å². The highest BCUT2D eigenvalue weighted by Gasteiger charge is 2.22. The first-order chi connectivity index (χ1) is 7.24. The summed E-state index contributed by atoms with van der Waals surface area (Å²) < 4.78 is 5.15. The molecule has 15 heavy (non-hydrogen) atoms. The standard InChI is InChI=1S/C11H22N2O2/c1-3-15-7-5-11(14)13-10-4-6-12-8-9(10)2/h9-10,12H,3-8H2,1-2H3,(H,13,14). The second-order valence-corrected chi connectivity index (χ2v) is 4.09. The van der Waals surface area contributed by atoms with E-state index in [0.717, 1.165) is 19.5 Å². The molecule has 0 aromatic rings. The van der Waals surface area contributed by atoms with E-state index in [4.69, 9.17) is 4.74 Å². The molecule has 4 heteroatoms. The fraction of sp³-hybridized carbons (Fsp3) is 0.909. The van der Waals surface area contributed by atoms with Gasteiger partial charge in [-0.1, -0.05) is 6.92 Å². The van der Waals surface area contributed by atoms with Crippen molar-refractivity contribution in [3.63, 3.8) is 0 Å². The van der Waals surface area contributed by atoms with E-state index in [9.17, 15) is 4.79 Å². The van der Waals surface area contributed by atoms with Crippen LogP contribution < -0.4 is 10.6 Å². The molecule has 4 nitrogen and oxygen atoms in total. The fourth-order valence-electron chi connectivity index (χ4n) is 1.82. The third-order valence-corrected chi connectivity index (χ3v) is 2.81. The van der Waals surface area contributed by atoms with Crippen molar-refractivity contribution in [3.05, 3.63) is 0 Å². The summed E-state index contributed by atoms with van der Waals surface area (Å²) in [6.45, 7) is 7.31. The number of hydrogen-bond acceptors (Lipinski definition) is 3. The Hall–Kier alpha value is -0.610. The highest BCUT2D eigenvalue weighted by atomic mass is 16.5. The maximum Gasteiger partial charge on any atom is 0.222 e. The zero-order valence-corrected chi connectivity index (χ0v) is 9.71. The highest BCUT2D eigenvalue weighted by molar-refractivity contribution is 5.76. The van der Waals surface area contributed by atoms with Crippen LogP contribution >= 0.6 is 0 Å². The van der Waals surface area contributed by atoms with E-state index in [1.165, 1.54) is 0 Å². The van der Waals surface area contributed by atoms with Crippen molar-refractivity contribution >= 4 is 5.91 Å². The van der Waals surface area contributed by atoms with E-state index in [2.05, 4.69) is 17.6 Å². The SMILES string of the molecule is CCOCCC(=O)NC1CCNCC1C. The van der Waals surface area contributed by atoms with Gasteiger partial charge in [-0.25, -0.2) is 0 Å². The Labute approximate surface area is 91.8 Å². The molecule has 2 unspecified atom stereocenters. The predicted octanol–water partition coefficient (Wildman–Crippen LogP) is 0.527. The summed E-state index contributed by atoms with van der Waals surface area (Å²) in [4.78, 5) is 11.5. The van der Waals surface area contributed by atoms with Gasteiger partial charge in [0.1, 0.15) is 0 Å². The maximum absolute atomic E-state index is 11.5. The Bertz CT molecular complexity index is 197. The molecule has 0 radical (unpaired) electrons. The van der Waals surface area contributed by atoms with Crippen LogP contribution in [0.4, 0.5) is 0 Å². The number of hydrogen-bond donors (Lipinski definition) is 2. The Kier molecular flexibility index (Phi) is 5.65. The third kappa shape index (κ3) is 4.62. The molecule has 1 aliphatic heterocycles. The first kappa shape index (κ1) is 12.5. The number of piperidine rings is 1. The molecule has 1 aliphatic rings. The van der Waals surface area contributed by atoms with Crippen LogP contribution in [0.2, 0.25) is 0 Å². The van der Waals surface area contributed by atoms with Crippen molar-refractivity contribution in [2.75, 3.05) is 26.3 Å². The molecule has 2 atom stereocenters. The molecule has 2 N–H and O–H groups in total. The summed E-state index contributed by atoms with van der Waals surface area (Å²) in [5.74, 6) is 0.636. The zero-order valence-electron chi connectivity index (χ0n) is 9.71. The van der Waals surface area contributed by atoms with Crippen molar-refractivity contribution in [3.8, 4) is 0 Å². The van der Waals surface area contributed by atoms with Gasteiger partial charge < -0.3 is 15.4 Å². The van der Waals surface area contributed by atoms with Gasteiger partial charge in [0.15, 0.2) is 0 Å². The lowest BCUT2D eigenvalue weighted by atomic mass is 9.95. The molecule has 1 amide bonds. The van der Waals surface area contributed by atoms with Crippen LogP contribution in [0, 0.1) is 5.92 Å². The minimum Gasteiger partial charge on any atom is -0.381 e. The van der Waals surface area contributed by atoms with E-state index in [0.29, 0.717) is 31.6 Å². The molecule has 0 aliphatic carbocycles. The zero-order chi connectivity index (χ0) is 11.1. The van der Waals surface area contributed by atoms with Gasteiger partial charge in [-0.15, -0.1) is 0 Å². The first-order valence-electron chi connectivity index (χ1n) is 5.82. The fourth-order valence-corrected chi connectivity index (χ4v) is 1.82. The molecule has 0 aromatic carbocycles. The average Bonchev–Trinajstić information content (AvgIpc) is 2.22. The summed E-state index contributed by atoms with van der Waals surface area (Å²) in [7, 11) is 0. The molecule has 1 saturated heterocycles. The number of carbonyl (C=O) groups is 1. The predicted molar refractivity (Wildman–Crippen MR) is 59.7 cm³/mol. The summed E-state index contributed by atoms with van der Waals surface area (Å²) >= 11 is 0. The topological polar surface area (TPSA) is 50.4 Å². The second-order valence-electron chi connectivity index (χ2n) is 4.09. The molecular weight excluding hydrogens is 192 g/mol. The molecule has 88 valence electrons. The van der Waals surface area contributed by atoms with Crippen LogP contribution in [0.1, 0.15) is 26.7 Å². The summed E-state index contributed by atoms with van der Waals surface area (Å²) in [6, 6.07) is 0.334. The van der Waals surface area contributed by atoms with Gasteiger partial charge in [-0.05, 0) is 32.4 Å². The van der Waals surface area contributed by atoms with Crippen LogP contribution in [0.15, 0.2) is 0 Å². The molecule has 1 heterocycles. The smallest absolute Gasteiger partial charge is 0.222 e. The summed E-state index contributed by atoms with van der Waals surface area (Å²) in [6.07, 6.45) is 1.51. The molecule has 0 aromatic heterocycles. The van der Waals surface area contributed by atoms with Gasteiger partial charge in [0, 0.05) is 19.1 Å². The van der Waals surface area contributed by atoms with Gasteiger partial charge in [0.05, 0.1) is 6.61 Å². The van der Waals surface area contributed by atoms with E-state index >= 15 is 0 Å². The Morgan fingerprint density at radius 2 is 2.40 bits per heavy atom. The Morgan fingerprint density at radius 1 is 1.60 bits per heavy atom. The number of nitrogens with one attached hydrogen (secondary N) is 2. The molecule has 1 rings (SSSR count). The van der Waals surface area contributed by atoms with Crippen molar-refractivity contribution in [2.24, 2.45) is 5.92 Å². The highest BCUT2D eigenvalue weighted by Crippen LogP contribution is 2.10. The van der Waals surface area contributed by atoms with Crippen LogP contribution in [-0.2, 0) is 9.53 Å². The van der Waals surface area contributed by atoms with Crippen LogP contribution in [0.5, 0.6) is 0 Å². The molecular formula is C11H22N2O2. The van der Waals surface area contributed by atoms with Gasteiger partial charge >= 0.3 is 0 Å². The van der Waals surface area contributed by atoms with E-state index < -0.39 is 0 Å². The normalized spacial score (nSPS) is 26.3. The molecule has 0 saturated carbocycles. The lowest BCUT2D eigenvalue weighted by molar-refractivity contribution is -0.123. The average molecular weight is 214 g/mol. The summed E-state index contributed by atoms with van der Waals surface area (Å²) in [5, 5.41) is 6.38. The minimum absolute atomic E-state index is 0.113. The van der Waals surface area contributed by atoms with Crippen molar-refractivity contribution in [1.29, 1.82) is 0 Å². The molecule has 0 spiro atoms. The second kappa shape index (κ2) is 6.80. The minimum atomic E-state index is 0.113. The lowest BCUT2D eigenvalue weighted by Crippen LogP contribution is -2.48. The number of carbonyl (C=O) groups excluding carboxylic acids is 1. The van der Waals surface area contributed by atoms with Crippen LogP contribution in [0.25, 0.3) is 0 Å². The number of ether oxygens (including phenoxy) is 1. The molecule has 1 fully saturated rings. The lowest BCUT2D eigenvalue weighted by Gasteiger charge is -2.30. The third-order valence-electron chi connectivity index (χ3n) is 2.81. The van der Waals surface area contributed by atoms with Gasteiger partial charge in [-0.3, -0.25) is 4.79 Å². The Morgan fingerprint density at radius 3 is 3.07 bits per heavy atom. The van der Waals surface area contributed by atoms with E-state index in [-0.39, 0.29) is 5.91 Å². The molecule has 0 bridgehead atoms. The number of amides is 1. The van der Waals surface area contributed by atoms with Gasteiger partial charge in [-0.2, -0.15) is 0 Å². The van der Waals surface area contributed by atoms with Gasteiger partial charge in [0.25, 0.3) is 0 Å². The number of rotatable bonds is 5. The quantitative estimate of drug-likeness (QED) is 0.656. The van der Waals surface area contributed by atoms with Gasteiger partial charge in [0.2, 0.25) is 5.91 Å². The first-order valence-corrected chi connectivity index (χ1v) is 5.82. The Balaban J connectivity index is 2.18. The van der Waals surface area contributed by atoms with Crippen molar-refractivity contribution < 1.29 is 9.53 Å². The largest absolute Gasteiger partial charge is 0.381 e. The monoisotopic (exact) mass is 214 g/mol. The van der Waals surface area contributed by atoms with Crippen molar-refractivity contribution in [1.82, 2.24) is 10.6 Å². The van der Waals surface area contributed by atoms with Crippen LogP contribution in [-0.4, -0.2) is 38.3 Å². The summed E-state index contributed by atoms with van der Waals surface area (Å²) in [5.41, 5.74) is 0. The maximum atomic E-state index is 11.5. The van der Waals surface area contributed by atoms with Crippen LogP contribution in [0.3, 0.4) is 0 Å². The van der Waals surface area contributed by atoms with E-state index in [1.807, 2.05) is 6.92 Å².